The molecule has 4 nitrogen and oxygen atoms in total. The van der Waals surface area contributed by atoms with Crippen LogP contribution in [-0.2, 0) is 10.0 Å². The van der Waals surface area contributed by atoms with Crippen molar-refractivity contribution in [3.63, 3.8) is 0 Å². The van der Waals surface area contributed by atoms with E-state index in [0.717, 1.165) is 17.4 Å². The lowest BCUT2D eigenvalue weighted by atomic mass is 10.3. The SMILES string of the molecule is Nc1csc(S(=O)(=O)Nc2cc(Br)c(F)cc2F)c1. The summed E-state index contributed by atoms with van der Waals surface area (Å²) in [6.07, 6.45) is 0. The molecule has 0 unspecified atom stereocenters. The summed E-state index contributed by atoms with van der Waals surface area (Å²) in [4.78, 5) is 0. The Morgan fingerprint density at radius 1 is 1.21 bits per heavy atom. The summed E-state index contributed by atoms with van der Waals surface area (Å²) >= 11 is 3.76. The van der Waals surface area contributed by atoms with E-state index in [4.69, 9.17) is 5.73 Å². The van der Waals surface area contributed by atoms with E-state index in [2.05, 4.69) is 15.9 Å². The molecule has 0 amide bonds. The van der Waals surface area contributed by atoms with E-state index in [-0.39, 0.29) is 14.4 Å². The number of benzene rings is 1. The van der Waals surface area contributed by atoms with Gasteiger partial charge in [-0.2, -0.15) is 0 Å². The lowest BCUT2D eigenvalue weighted by molar-refractivity contribution is 0.579. The number of hydrogen-bond donors (Lipinski definition) is 2. The minimum atomic E-state index is -3.94. The van der Waals surface area contributed by atoms with Crippen molar-refractivity contribution in [3.8, 4) is 0 Å². The molecule has 0 aliphatic rings. The van der Waals surface area contributed by atoms with E-state index in [1.165, 1.54) is 11.4 Å². The molecule has 0 saturated heterocycles. The lowest BCUT2D eigenvalue weighted by Gasteiger charge is -2.08. The zero-order valence-electron chi connectivity index (χ0n) is 9.15. The molecule has 0 spiro atoms. The van der Waals surface area contributed by atoms with E-state index in [9.17, 15) is 17.2 Å². The third-order valence-corrected chi connectivity index (χ3v) is 5.55. The van der Waals surface area contributed by atoms with Gasteiger partial charge in [0.1, 0.15) is 15.8 Å². The van der Waals surface area contributed by atoms with Crippen LogP contribution in [0.4, 0.5) is 20.2 Å². The predicted molar refractivity (Wildman–Crippen MR) is 73.6 cm³/mol. The zero-order valence-corrected chi connectivity index (χ0v) is 12.4. The van der Waals surface area contributed by atoms with Crippen molar-refractivity contribution < 1.29 is 17.2 Å². The number of sulfonamides is 1. The highest BCUT2D eigenvalue weighted by molar-refractivity contribution is 9.10. The molecular formula is C10H7BrF2N2O2S2. The fraction of sp³-hybridized carbons (Fsp3) is 0. The van der Waals surface area contributed by atoms with Crippen molar-refractivity contribution in [2.24, 2.45) is 0 Å². The van der Waals surface area contributed by atoms with Crippen LogP contribution in [0, 0.1) is 11.6 Å². The van der Waals surface area contributed by atoms with Crippen LogP contribution in [0.5, 0.6) is 0 Å². The summed E-state index contributed by atoms with van der Waals surface area (Å²) in [7, 11) is -3.94. The summed E-state index contributed by atoms with van der Waals surface area (Å²) in [6.45, 7) is 0. The number of anilines is 2. The summed E-state index contributed by atoms with van der Waals surface area (Å²) < 4.78 is 52.3. The first-order valence-electron chi connectivity index (χ1n) is 4.81. The van der Waals surface area contributed by atoms with E-state index in [1.807, 2.05) is 4.72 Å². The van der Waals surface area contributed by atoms with Gasteiger partial charge in [-0.3, -0.25) is 4.72 Å². The van der Waals surface area contributed by atoms with E-state index < -0.39 is 21.7 Å². The minimum absolute atomic E-state index is 0.0442. The van der Waals surface area contributed by atoms with Gasteiger partial charge in [0.05, 0.1) is 10.2 Å². The number of hydrogen-bond acceptors (Lipinski definition) is 4. The van der Waals surface area contributed by atoms with Crippen molar-refractivity contribution in [3.05, 3.63) is 39.7 Å². The molecule has 0 aliphatic carbocycles. The normalized spacial score (nSPS) is 11.5. The zero-order chi connectivity index (χ0) is 14.2. The molecule has 102 valence electrons. The van der Waals surface area contributed by atoms with Gasteiger partial charge < -0.3 is 5.73 Å². The number of nitrogen functional groups attached to an aromatic ring is 1. The highest BCUT2D eigenvalue weighted by atomic mass is 79.9. The van der Waals surface area contributed by atoms with Gasteiger partial charge >= 0.3 is 0 Å². The topological polar surface area (TPSA) is 72.2 Å². The highest BCUT2D eigenvalue weighted by Gasteiger charge is 2.19. The Hall–Kier alpha value is -1.19. The molecule has 3 N–H and O–H groups in total. The number of rotatable bonds is 3. The molecular weight excluding hydrogens is 362 g/mol. The van der Waals surface area contributed by atoms with Crippen molar-refractivity contribution in [2.45, 2.75) is 4.21 Å². The quantitative estimate of drug-likeness (QED) is 0.817. The average molecular weight is 369 g/mol. The van der Waals surface area contributed by atoms with Crippen LogP contribution in [0.2, 0.25) is 0 Å². The van der Waals surface area contributed by atoms with Gasteiger partial charge in [-0.25, -0.2) is 17.2 Å². The number of thiophene rings is 1. The smallest absolute Gasteiger partial charge is 0.271 e. The van der Waals surface area contributed by atoms with Crippen LogP contribution in [0.25, 0.3) is 0 Å². The monoisotopic (exact) mass is 368 g/mol. The standard InChI is InChI=1S/C10H7BrF2N2O2S2/c11-6-2-9(8(13)3-7(6)12)15-19(16,17)10-1-5(14)4-18-10/h1-4,15H,14H2. The first-order chi connectivity index (χ1) is 8.79. The van der Waals surface area contributed by atoms with Gasteiger partial charge in [0.15, 0.2) is 0 Å². The maximum atomic E-state index is 13.5. The molecule has 9 heteroatoms. The molecule has 0 bridgehead atoms. The van der Waals surface area contributed by atoms with Crippen LogP contribution < -0.4 is 10.5 Å². The Bertz CT molecular complexity index is 731. The predicted octanol–water partition coefficient (Wildman–Crippen LogP) is 3.17. The van der Waals surface area contributed by atoms with E-state index in [1.54, 1.807) is 0 Å². The number of nitrogens with one attached hydrogen (secondary N) is 1. The second-order valence-corrected chi connectivity index (χ2v) is 7.23. The molecule has 0 radical (unpaired) electrons. The molecule has 19 heavy (non-hydrogen) atoms. The van der Waals surface area contributed by atoms with Crippen LogP contribution in [0.3, 0.4) is 0 Å². The van der Waals surface area contributed by atoms with Gasteiger partial charge in [-0.05, 0) is 28.1 Å². The third kappa shape index (κ3) is 3.04. The van der Waals surface area contributed by atoms with Crippen molar-refractivity contribution in [1.82, 2.24) is 0 Å². The van der Waals surface area contributed by atoms with Crippen LogP contribution >= 0.6 is 27.3 Å². The molecule has 0 atom stereocenters. The van der Waals surface area contributed by atoms with Crippen molar-refractivity contribution in [2.75, 3.05) is 10.5 Å². The third-order valence-electron chi connectivity index (χ3n) is 2.11. The van der Waals surface area contributed by atoms with Gasteiger partial charge in [-0.1, -0.05) is 0 Å². The maximum absolute atomic E-state index is 13.5. The Morgan fingerprint density at radius 2 is 1.89 bits per heavy atom. The van der Waals surface area contributed by atoms with Gasteiger partial charge in [0, 0.05) is 17.1 Å². The number of halogens is 3. The molecule has 2 aromatic rings. The lowest BCUT2D eigenvalue weighted by Crippen LogP contribution is -2.13. The average Bonchev–Trinajstić information content (AvgIpc) is 2.73. The molecule has 1 aromatic heterocycles. The summed E-state index contributed by atoms with van der Waals surface area (Å²) in [5.74, 6) is -1.82. The summed E-state index contributed by atoms with van der Waals surface area (Å²) in [5.41, 5.74) is 5.38. The Morgan fingerprint density at radius 3 is 2.47 bits per heavy atom. The van der Waals surface area contributed by atoms with Crippen LogP contribution in [0.1, 0.15) is 0 Å². The second kappa shape index (κ2) is 5.06. The number of nitrogens with two attached hydrogens (primary N) is 1. The van der Waals surface area contributed by atoms with Gasteiger partial charge in [0.25, 0.3) is 10.0 Å². The summed E-state index contributed by atoms with van der Waals surface area (Å²) in [6, 6.07) is 2.85. The first-order valence-corrected chi connectivity index (χ1v) is 7.96. The molecule has 0 saturated carbocycles. The molecule has 1 aromatic carbocycles. The fourth-order valence-electron chi connectivity index (χ4n) is 1.27. The molecule has 2 rings (SSSR count). The maximum Gasteiger partial charge on any atom is 0.271 e. The van der Waals surface area contributed by atoms with Gasteiger partial charge in [-0.15, -0.1) is 11.3 Å². The Balaban J connectivity index is 2.38. The molecule has 0 aliphatic heterocycles. The summed E-state index contributed by atoms with van der Waals surface area (Å²) in [5, 5.41) is 1.45. The van der Waals surface area contributed by atoms with Crippen LogP contribution in [-0.4, -0.2) is 8.42 Å². The fourth-order valence-corrected chi connectivity index (χ4v) is 3.75. The van der Waals surface area contributed by atoms with E-state index in [0.29, 0.717) is 11.8 Å². The van der Waals surface area contributed by atoms with Crippen molar-refractivity contribution >= 4 is 48.7 Å². The molecule has 1 heterocycles. The minimum Gasteiger partial charge on any atom is -0.398 e. The van der Waals surface area contributed by atoms with Crippen LogP contribution in [0.15, 0.2) is 32.3 Å². The first kappa shape index (κ1) is 14.2. The second-order valence-electron chi connectivity index (χ2n) is 3.55. The Kier molecular flexibility index (Phi) is 3.79. The largest absolute Gasteiger partial charge is 0.398 e. The Labute approximate surface area is 120 Å². The van der Waals surface area contributed by atoms with Crippen molar-refractivity contribution in [1.29, 1.82) is 0 Å². The van der Waals surface area contributed by atoms with Gasteiger partial charge in [0.2, 0.25) is 0 Å². The molecule has 0 fully saturated rings. The highest BCUT2D eigenvalue weighted by Crippen LogP contribution is 2.28. The van der Waals surface area contributed by atoms with E-state index >= 15 is 0 Å².